The number of rotatable bonds is 20. The van der Waals surface area contributed by atoms with Gasteiger partial charge >= 0.3 is 0 Å². The number of unbranched alkanes of at least 4 members (excludes halogenated alkanes) is 2. The van der Waals surface area contributed by atoms with E-state index in [1.807, 2.05) is 42.2 Å². The number of oxime groups is 1. The van der Waals surface area contributed by atoms with Gasteiger partial charge in [0, 0.05) is 55.7 Å². The number of nitrogens with zero attached hydrogens (tertiary/aromatic N) is 3. The number of aromatic nitrogens is 1. The lowest BCUT2D eigenvalue weighted by Gasteiger charge is -2.60. The molecular weight excluding hydrogens is 790 g/mol. The van der Waals surface area contributed by atoms with E-state index in [1.54, 1.807) is 18.2 Å². The standard InChI is InChI=1S/C50H62FN3O8/c1-3-26-60-50-45(54(49(57)35-18-19-35)31-34-16-20-37(51)21-17-34)30-43(53-62-46-15-6-9-27-58-46)41-28-36(12-4-7-24-55)40(14-5-8-25-56)47(48(41)50)42-29-39(22-23-44(42)61-50)59-32-38-13-10-11-33(2)52-38/h3,10-11,13,16-17,20-23,28-29,35-36,40,45-48,55-56H,1,4-9,12,14-15,18-19,24-27,30-32H2,2H3. The van der Waals surface area contributed by atoms with Crippen LogP contribution in [0.15, 0.2) is 90.1 Å². The van der Waals surface area contributed by atoms with Crippen molar-refractivity contribution in [1.82, 2.24) is 9.88 Å². The summed E-state index contributed by atoms with van der Waals surface area (Å²) in [6.07, 6.45) is 12.7. The highest BCUT2D eigenvalue weighted by molar-refractivity contribution is 6.03. The molecule has 7 unspecified atom stereocenters. The fourth-order valence-corrected chi connectivity index (χ4v) is 10.2. The van der Waals surface area contributed by atoms with E-state index in [1.165, 1.54) is 12.1 Å². The van der Waals surface area contributed by atoms with Crippen LogP contribution in [0, 0.1) is 36.4 Å². The molecule has 1 aromatic heterocycles. The lowest BCUT2D eigenvalue weighted by Crippen LogP contribution is -2.70. The largest absolute Gasteiger partial charge is 0.487 e. The van der Waals surface area contributed by atoms with Crippen molar-refractivity contribution < 1.29 is 43.2 Å². The first-order valence-electron chi connectivity index (χ1n) is 22.8. The molecule has 1 saturated heterocycles. The van der Waals surface area contributed by atoms with Crippen molar-refractivity contribution in [3.05, 3.63) is 113 Å². The van der Waals surface area contributed by atoms with Gasteiger partial charge in [0.1, 0.15) is 30.0 Å². The van der Waals surface area contributed by atoms with E-state index in [2.05, 4.69) is 23.7 Å². The number of carbonyl (C=O) groups excluding carboxylic acids is 1. The van der Waals surface area contributed by atoms with E-state index in [9.17, 15) is 19.4 Å². The van der Waals surface area contributed by atoms with Crippen LogP contribution < -0.4 is 9.47 Å². The minimum Gasteiger partial charge on any atom is -0.487 e. The molecule has 2 aromatic carbocycles. The van der Waals surface area contributed by atoms with Crippen LogP contribution in [0.4, 0.5) is 4.39 Å². The Morgan fingerprint density at radius 3 is 2.56 bits per heavy atom. The highest BCUT2D eigenvalue weighted by Crippen LogP contribution is 2.62. The second-order valence-corrected chi connectivity index (χ2v) is 17.6. The first-order valence-corrected chi connectivity index (χ1v) is 22.8. The number of aryl methyl sites for hydroxylation is 1. The number of carbonyl (C=O) groups is 1. The lowest BCUT2D eigenvalue weighted by atomic mass is 9.55. The minimum atomic E-state index is -1.40. The van der Waals surface area contributed by atoms with Gasteiger partial charge in [-0.25, -0.2) is 4.39 Å². The van der Waals surface area contributed by atoms with Crippen LogP contribution in [0.3, 0.4) is 0 Å². The second kappa shape index (κ2) is 20.3. The van der Waals surface area contributed by atoms with Crippen molar-refractivity contribution in [2.75, 3.05) is 26.4 Å². The molecule has 2 saturated carbocycles. The average molecular weight is 852 g/mol. The summed E-state index contributed by atoms with van der Waals surface area (Å²) in [5, 5.41) is 24.9. The normalized spacial score (nSPS) is 27.0. The van der Waals surface area contributed by atoms with Crippen LogP contribution in [0.5, 0.6) is 11.5 Å². The summed E-state index contributed by atoms with van der Waals surface area (Å²) in [5.41, 5.74) is 5.18. The Morgan fingerprint density at radius 1 is 1.03 bits per heavy atom. The minimum absolute atomic E-state index is 0.000790. The zero-order valence-corrected chi connectivity index (χ0v) is 36.0. The molecule has 12 heteroatoms. The third-order valence-corrected chi connectivity index (χ3v) is 13.2. The SMILES string of the molecule is C=CCOC12Oc3ccc(OCc4cccc(C)n4)cc3C3C(CCCCO)C(CCCCO)C=C(C(=NOC4CCCCO4)CC1N(Cc1ccc(F)cc1)C(=O)C1CC1)C32. The predicted molar refractivity (Wildman–Crippen MR) is 233 cm³/mol. The number of pyridine rings is 1. The average Bonchev–Trinajstić information content (AvgIpc) is 4.14. The molecule has 11 nitrogen and oxygen atoms in total. The number of aliphatic hydroxyl groups excluding tert-OH is 2. The van der Waals surface area contributed by atoms with Gasteiger partial charge in [-0.15, -0.1) is 6.58 Å². The summed E-state index contributed by atoms with van der Waals surface area (Å²) < 4.78 is 41.3. The maximum atomic E-state index is 14.8. The molecule has 332 valence electrons. The Bertz CT molecular complexity index is 2070. The van der Waals surface area contributed by atoms with Crippen LogP contribution in [-0.2, 0) is 32.3 Å². The lowest BCUT2D eigenvalue weighted by molar-refractivity contribution is -0.258. The Hall–Kier alpha value is -4.62. The molecule has 8 rings (SSSR count). The Labute approximate surface area is 364 Å². The van der Waals surface area contributed by atoms with Crippen LogP contribution in [-0.4, -0.2) is 76.3 Å². The molecule has 2 N–H and O–H groups in total. The van der Waals surface area contributed by atoms with Gasteiger partial charge in [-0.2, -0.15) is 0 Å². The molecule has 0 spiro atoms. The number of hydrogen-bond donors (Lipinski definition) is 2. The van der Waals surface area contributed by atoms with E-state index < -0.39 is 24.0 Å². The van der Waals surface area contributed by atoms with Crippen LogP contribution >= 0.6 is 0 Å². The van der Waals surface area contributed by atoms with E-state index in [0.717, 1.165) is 91.6 Å². The monoisotopic (exact) mass is 851 g/mol. The molecule has 2 aliphatic heterocycles. The predicted octanol–water partition coefficient (Wildman–Crippen LogP) is 8.71. The van der Waals surface area contributed by atoms with Gasteiger partial charge in [0.2, 0.25) is 18.0 Å². The van der Waals surface area contributed by atoms with Gasteiger partial charge in [0.25, 0.3) is 0 Å². The molecule has 62 heavy (non-hydrogen) atoms. The topological polar surface area (TPSA) is 132 Å². The number of ether oxygens (including phenoxy) is 4. The number of aliphatic hydroxyl groups is 2. The first kappa shape index (κ1) is 44.0. The van der Waals surface area contributed by atoms with Gasteiger partial charge in [-0.1, -0.05) is 48.3 Å². The zero-order valence-electron chi connectivity index (χ0n) is 36.0. The number of amides is 1. The van der Waals surface area contributed by atoms with Gasteiger partial charge in [0.05, 0.1) is 30.5 Å². The number of benzene rings is 2. The zero-order chi connectivity index (χ0) is 43.1. The summed E-state index contributed by atoms with van der Waals surface area (Å²) in [6.45, 7) is 7.49. The Morgan fingerprint density at radius 2 is 1.84 bits per heavy atom. The molecule has 1 amide bonds. The number of halogens is 1. The third kappa shape index (κ3) is 9.78. The van der Waals surface area contributed by atoms with Gasteiger partial charge < -0.3 is 38.9 Å². The molecule has 3 aromatic rings. The van der Waals surface area contributed by atoms with Crippen molar-refractivity contribution in [3.8, 4) is 11.5 Å². The van der Waals surface area contributed by atoms with Crippen LogP contribution in [0.25, 0.3) is 0 Å². The van der Waals surface area contributed by atoms with Crippen molar-refractivity contribution in [2.24, 2.45) is 28.8 Å². The second-order valence-electron chi connectivity index (χ2n) is 17.6. The maximum absolute atomic E-state index is 14.8. The van der Waals surface area contributed by atoms with Gasteiger partial charge in [-0.05, 0) is 124 Å². The molecule has 3 aliphatic carbocycles. The summed E-state index contributed by atoms with van der Waals surface area (Å²) >= 11 is 0. The van der Waals surface area contributed by atoms with E-state index in [0.29, 0.717) is 30.9 Å². The quantitative estimate of drug-likeness (QED) is 0.0651. The molecule has 0 radical (unpaired) electrons. The fourth-order valence-electron chi connectivity index (χ4n) is 10.2. The molecular formula is C50H62FN3O8. The van der Waals surface area contributed by atoms with E-state index in [-0.39, 0.29) is 74.8 Å². The van der Waals surface area contributed by atoms with Crippen LogP contribution in [0.2, 0.25) is 0 Å². The van der Waals surface area contributed by atoms with Gasteiger partial charge in [0.15, 0.2) is 0 Å². The number of hydrogen-bond acceptors (Lipinski definition) is 10. The summed E-state index contributed by atoms with van der Waals surface area (Å²) in [5.74, 6) is -1.09. The van der Waals surface area contributed by atoms with E-state index >= 15 is 0 Å². The van der Waals surface area contributed by atoms with E-state index in [4.69, 9.17) is 28.9 Å². The smallest absolute Gasteiger partial charge is 0.239 e. The van der Waals surface area contributed by atoms with Crippen molar-refractivity contribution in [1.29, 1.82) is 0 Å². The summed E-state index contributed by atoms with van der Waals surface area (Å²) in [6, 6.07) is 17.5. The third-order valence-electron chi connectivity index (χ3n) is 13.2. The summed E-state index contributed by atoms with van der Waals surface area (Å²) in [4.78, 5) is 27.7. The Balaban J connectivity index is 1.31. The Kier molecular flexibility index (Phi) is 14.4. The highest BCUT2D eigenvalue weighted by atomic mass is 19.1. The van der Waals surface area contributed by atoms with Gasteiger partial charge in [-0.3, -0.25) is 9.78 Å². The highest BCUT2D eigenvalue weighted by Gasteiger charge is 2.66. The number of allylic oxidation sites excluding steroid dienone is 1. The molecule has 3 fully saturated rings. The molecule has 3 heterocycles. The number of fused-ring (bicyclic) bond motifs is 2. The maximum Gasteiger partial charge on any atom is 0.239 e. The van der Waals surface area contributed by atoms with Crippen molar-refractivity contribution in [3.63, 3.8) is 0 Å². The fraction of sp³-hybridized carbons (Fsp3) is 0.540. The summed E-state index contributed by atoms with van der Waals surface area (Å²) in [7, 11) is 0. The van der Waals surface area contributed by atoms with Crippen molar-refractivity contribution in [2.45, 2.75) is 121 Å². The van der Waals surface area contributed by atoms with Crippen LogP contribution in [0.1, 0.15) is 105 Å². The molecule has 7 atom stereocenters. The first-order chi connectivity index (χ1) is 30.3. The molecule has 5 aliphatic rings. The molecule has 0 bridgehead atoms. The van der Waals surface area contributed by atoms with Crippen molar-refractivity contribution >= 4 is 11.6 Å².